The molecule has 4 nitrogen and oxygen atoms in total. The summed E-state index contributed by atoms with van der Waals surface area (Å²) in [4.78, 5) is 12.6. The summed E-state index contributed by atoms with van der Waals surface area (Å²) in [5, 5.41) is 8.73. The van der Waals surface area contributed by atoms with Crippen LogP contribution in [-0.2, 0) is 9.53 Å². The van der Waals surface area contributed by atoms with Crippen LogP contribution in [0.25, 0.3) is 0 Å². The molecule has 1 fully saturated rings. The van der Waals surface area contributed by atoms with Gasteiger partial charge in [-0.05, 0) is 32.2 Å². The van der Waals surface area contributed by atoms with Crippen molar-refractivity contribution in [2.75, 3.05) is 26.2 Å². The van der Waals surface area contributed by atoms with Gasteiger partial charge in [0.2, 0.25) is 0 Å². The highest BCUT2D eigenvalue weighted by Gasteiger charge is 2.17. The van der Waals surface area contributed by atoms with E-state index >= 15 is 0 Å². The average Bonchev–Trinajstić information content (AvgIpc) is 2.66. The number of carboxylic acid groups (broad SMARTS) is 1. The highest BCUT2D eigenvalue weighted by molar-refractivity contribution is 5.69. The van der Waals surface area contributed by atoms with Crippen LogP contribution in [0.1, 0.15) is 32.6 Å². The molecule has 0 aromatic rings. The third-order valence-electron chi connectivity index (χ3n) is 2.69. The van der Waals surface area contributed by atoms with Gasteiger partial charge in [0, 0.05) is 13.2 Å². The van der Waals surface area contributed by atoms with Gasteiger partial charge in [0.1, 0.15) is 0 Å². The first-order chi connectivity index (χ1) is 7.22. The lowest BCUT2D eigenvalue weighted by molar-refractivity contribution is -0.138. The lowest BCUT2D eigenvalue weighted by Gasteiger charge is -2.20. The lowest BCUT2D eigenvalue weighted by Crippen LogP contribution is -2.33. The average molecular weight is 215 g/mol. The van der Waals surface area contributed by atoms with Crippen LogP contribution in [0.15, 0.2) is 0 Å². The molecule has 1 saturated heterocycles. The highest BCUT2D eigenvalue weighted by Crippen LogP contribution is 2.15. The van der Waals surface area contributed by atoms with Crippen molar-refractivity contribution in [3.8, 4) is 0 Å². The Hall–Kier alpha value is -0.610. The Labute approximate surface area is 91.2 Å². The molecule has 88 valence electrons. The number of carbonyl (C=O) groups is 1. The van der Waals surface area contributed by atoms with E-state index in [9.17, 15) is 4.79 Å². The van der Waals surface area contributed by atoms with Gasteiger partial charge in [0.25, 0.3) is 0 Å². The van der Waals surface area contributed by atoms with Gasteiger partial charge in [-0.2, -0.15) is 0 Å². The van der Waals surface area contributed by atoms with Gasteiger partial charge in [0.15, 0.2) is 0 Å². The van der Waals surface area contributed by atoms with Crippen molar-refractivity contribution in [2.45, 2.75) is 38.7 Å². The Morgan fingerprint density at radius 3 is 2.87 bits per heavy atom. The quantitative estimate of drug-likeness (QED) is 0.696. The van der Waals surface area contributed by atoms with E-state index in [1.807, 2.05) is 4.90 Å². The smallest absolute Gasteiger partial charge is 0.317 e. The topological polar surface area (TPSA) is 49.8 Å². The maximum Gasteiger partial charge on any atom is 0.317 e. The van der Waals surface area contributed by atoms with E-state index < -0.39 is 5.97 Å². The monoisotopic (exact) mass is 215 g/mol. The summed E-state index contributed by atoms with van der Waals surface area (Å²) in [5.41, 5.74) is 0. The Kier molecular flexibility index (Phi) is 5.65. The van der Waals surface area contributed by atoms with E-state index in [-0.39, 0.29) is 6.54 Å². The fraction of sp³-hybridized carbons (Fsp3) is 0.909. The van der Waals surface area contributed by atoms with Crippen molar-refractivity contribution in [2.24, 2.45) is 0 Å². The molecule has 1 rings (SSSR count). The lowest BCUT2D eigenvalue weighted by atomic mass is 10.2. The van der Waals surface area contributed by atoms with E-state index in [2.05, 4.69) is 6.92 Å². The minimum Gasteiger partial charge on any atom is -0.480 e. The van der Waals surface area contributed by atoms with Gasteiger partial charge in [-0.1, -0.05) is 6.92 Å². The van der Waals surface area contributed by atoms with Crippen LogP contribution < -0.4 is 0 Å². The minimum atomic E-state index is -0.740. The maximum atomic E-state index is 10.6. The molecule has 1 atom stereocenters. The summed E-state index contributed by atoms with van der Waals surface area (Å²) in [5.74, 6) is -0.740. The van der Waals surface area contributed by atoms with Crippen molar-refractivity contribution in [3.63, 3.8) is 0 Å². The zero-order valence-electron chi connectivity index (χ0n) is 9.45. The molecule has 0 amide bonds. The van der Waals surface area contributed by atoms with Gasteiger partial charge in [-0.3, -0.25) is 9.69 Å². The second kappa shape index (κ2) is 6.80. The third-order valence-corrected chi connectivity index (χ3v) is 2.69. The number of rotatable bonds is 7. The number of nitrogens with zero attached hydrogens (tertiary/aromatic N) is 1. The van der Waals surface area contributed by atoms with E-state index in [0.717, 1.165) is 45.4 Å². The molecular weight excluding hydrogens is 194 g/mol. The second-order valence-corrected chi connectivity index (χ2v) is 4.09. The summed E-state index contributed by atoms with van der Waals surface area (Å²) in [6, 6.07) is 0. The molecule has 1 N–H and O–H groups in total. The molecule has 1 aliphatic heterocycles. The molecular formula is C11H21NO3. The van der Waals surface area contributed by atoms with Crippen LogP contribution in [0.3, 0.4) is 0 Å². The van der Waals surface area contributed by atoms with Crippen molar-refractivity contribution < 1.29 is 14.6 Å². The van der Waals surface area contributed by atoms with Crippen molar-refractivity contribution >= 4 is 5.97 Å². The molecule has 1 unspecified atom stereocenters. The maximum absolute atomic E-state index is 10.6. The van der Waals surface area contributed by atoms with Crippen molar-refractivity contribution in [1.29, 1.82) is 0 Å². The van der Waals surface area contributed by atoms with Gasteiger partial charge >= 0.3 is 5.97 Å². The Morgan fingerprint density at radius 1 is 1.53 bits per heavy atom. The SMILES string of the molecule is CCCN(CCC1CCCO1)CC(=O)O. The predicted molar refractivity (Wildman–Crippen MR) is 58.0 cm³/mol. The summed E-state index contributed by atoms with van der Waals surface area (Å²) in [6.07, 6.45) is 4.61. The first kappa shape index (κ1) is 12.5. The molecule has 1 aliphatic rings. The second-order valence-electron chi connectivity index (χ2n) is 4.09. The summed E-state index contributed by atoms with van der Waals surface area (Å²) < 4.78 is 5.51. The van der Waals surface area contributed by atoms with E-state index in [1.165, 1.54) is 0 Å². The summed E-state index contributed by atoms with van der Waals surface area (Å²) in [6.45, 7) is 4.79. The van der Waals surface area contributed by atoms with Crippen LogP contribution in [0, 0.1) is 0 Å². The zero-order chi connectivity index (χ0) is 11.1. The van der Waals surface area contributed by atoms with E-state index in [1.54, 1.807) is 0 Å². The highest BCUT2D eigenvalue weighted by atomic mass is 16.5. The molecule has 0 spiro atoms. The van der Waals surface area contributed by atoms with Crippen molar-refractivity contribution in [1.82, 2.24) is 4.90 Å². The first-order valence-electron chi connectivity index (χ1n) is 5.78. The van der Waals surface area contributed by atoms with Gasteiger partial charge in [0.05, 0.1) is 12.6 Å². The number of aliphatic carboxylic acids is 1. The molecule has 0 bridgehead atoms. The predicted octanol–water partition coefficient (Wildman–Crippen LogP) is 1.35. The third kappa shape index (κ3) is 5.14. The molecule has 4 heteroatoms. The van der Waals surface area contributed by atoms with Gasteiger partial charge in [-0.25, -0.2) is 0 Å². The van der Waals surface area contributed by atoms with Gasteiger partial charge in [-0.15, -0.1) is 0 Å². The van der Waals surface area contributed by atoms with Crippen LogP contribution in [0.5, 0.6) is 0 Å². The molecule has 0 saturated carbocycles. The first-order valence-corrected chi connectivity index (χ1v) is 5.78. The molecule has 15 heavy (non-hydrogen) atoms. The van der Waals surface area contributed by atoms with E-state index in [0.29, 0.717) is 6.10 Å². The minimum absolute atomic E-state index is 0.153. The zero-order valence-corrected chi connectivity index (χ0v) is 9.45. The van der Waals surface area contributed by atoms with E-state index in [4.69, 9.17) is 9.84 Å². The fourth-order valence-corrected chi connectivity index (χ4v) is 1.98. The van der Waals surface area contributed by atoms with Crippen LogP contribution in [0.4, 0.5) is 0 Å². The number of hydrogen-bond donors (Lipinski definition) is 1. The Bertz CT molecular complexity index is 190. The largest absolute Gasteiger partial charge is 0.480 e. The molecule has 0 aliphatic carbocycles. The van der Waals surface area contributed by atoms with Crippen LogP contribution >= 0.6 is 0 Å². The number of ether oxygens (including phenoxy) is 1. The normalized spacial score (nSPS) is 21.1. The van der Waals surface area contributed by atoms with Gasteiger partial charge < -0.3 is 9.84 Å². The summed E-state index contributed by atoms with van der Waals surface area (Å²) >= 11 is 0. The molecule has 0 aromatic carbocycles. The number of carboxylic acids is 1. The van der Waals surface area contributed by atoms with Crippen LogP contribution in [0.2, 0.25) is 0 Å². The van der Waals surface area contributed by atoms with Crippen LogP contribution in [-0.4, -0.2) is 48.3 Å². The Morgan fingerprint density at radius 2 is 2.33 bits per heavy atom. The molecule has 0 aromatic heterocycles. The molecule has 1 heterocycles. The summed E-state index contributed by atoms with van der Waals surface area (Å²) in [7, 11) is 0. The standard InChI is InChI=1S/C11H21NO3/c1-2-6-12(9-11(13)14)7-5-10-4-3-8-15-10/h10H,2-9H2,1H3,(H,13,14). The molecule has 0 radical (unpaired) electrons. The number of hydrogen-bond acceptors (Lipinski definition) is 3. The Balaban J connectivity index is 2.20. The fourth-order valence-electron chi connectivity index (χ4n) is 1.98. The van der Waals surface area contributed by atoms with Crippen molar-refractivity contribution in [3.05, 3.63) is 0 Å².